The van der Waals surface area contributed by atoms with E-state index in [9.17, 15) is 0 Å². The van der Waals surface area contributed by atoms with Crippen LogP contribution in [-0.2, 0) is 6.42 Å². The van der Waals surface area contributed by atoms with Gasteiger partial charge in [-0.25, -0.2) is 0 Å². The SMILES string of the molecule is CCNc1ccccc1CC1CCCCC1. The Morgan fingerprint density at radius 3 is 2.62 bits per heavy atom. The van der Waals surface area contributed by atoms with Crippen molar-refractivity contribution in [2.75, 3.05) is 11.9 Å². The standard InChI is InChI=1S/C15H23N/c1-2-16-15-11-7-6-10-14(15)12-13-8-4-3-5-9-13/h6-7,10-11,13,16H,2-5,8-9,12H2,1H3. The predicted molar refractivity (Wildman–Crippen MR) is 70.9 cm³/mol. The molecule has 1 aromatic rings. The molecular weight excluding hydrogens is 194 g/mol. The second-order valence-corrected chi connectivity index (χ2v) is 4.90. The normalized spacial score (nSPS) is 17.3. The Morgan fingerprint density at radius 2 is 1.88 bits per heavy atom. The number of benzene rings is 1. The number of anilines is 1. The topological polar surface area (TPSA) is 12.0 Å². The van der Waals surface area contributed by atoms with Crippen molar-refractivity contribution in [1.82, 2.24) is 0 Å². The lowest BCUT2D eigenvalue weighted by atomic mass is 9.84. The summed E-state index contributed by atoms with van der Waals surface area (Å²) in [6.07, 6.45) is 8.46. The first kappa shape index (κ1) is 11.5. The van der Waals surface area contributed by atoms with E-state index >= 15 is 0 Å². The molecule has 1 nitrogen and oxygen atoms in total. The van der Waals surface area contributed by atoms with Gasteiger partial charge in [0.05, 0.1) is 0 Å². The van der Waals surface area contributed by atoms with E-state index in [0.29, 0.717) is 0 Å². The molecule has 0 unspecified atom stereocenters. The Kier molecular flexibility index (Phi) is 4.26. The molecule has 0 amide bonds. The van der Waals surface area contributed by atoms with Crippen molar-refractivity contribution in [1.29, 1.82) is 0 Å². The minimum atomic E-state index is 0.925. The van der Waals surface area contributed by atoms with Crippen LogP contribution < -0.4 is 5.32 Å². The van der Waals surface area contributed by atoms with Crippen LogP contribution in [0, 0.1) is 5.92 Å². The van der Waals surface area contributed by atoms with Crippen LogP contribution in [0.15, 0.2) is 24.3 Å². The summed E-state index contributed by atoms with van der Waals surface area (Å²) >= 11 is 0. The van der Waals surface area contributed by atoms with Crippen molar-refractivity contribution in [3.63, 3.8) is 0 Å². The summed E-state index contributed by atoms with van der Waals surface area (Å²) in [6.45, 7) is 3.18. The first-order chi connectivity index (χ1) is 7.90. The zero-order valence-electron chi connectivity index (χ0n) is 10.3. The minimum absolute atomic E-state index is 0.925. The fourth-order valence-electron chi connectivity index (χ4n) is 2.76. The third-order valence-electron chi connectivity index (χ3n) is 3.62. The second-order valence-electron chi connectivity index (χ2n) is 4.90. The lowest BCUT2D eigenvalue weighted by Crippen LogP contribution is -2.11. The van der Waals surface area contributed by atoms with Crippen molar-refractivity contribution in [3.8, 4) is 0 Å². The molecule has 1 aliphatic carbocycles. The van der Waals surface area contributed by atoms with Crippen LogP contribution >= 0.6 is 0 Å². The molecule has 16 heavy (non-hydrogen) atoms. The van der Waals surface area contributed by atoms with Gasteiger partial charge in [-0.15, -0.1) is 0 Å². The fraction of sp³-hybridized carbons (Fsp3) is 0.600. The molecule has 0 saturated heterocycles. The van der Waals surface area contributed by atoms with Gasteiger partial charge in [-0.3, -0.25) is 0 Å². The van der Waals surface area contributed by atoms with E-state index in [2.05, 4.69) is 36.5 Å². The van der Waals surface area contributed by atoms with Gasteiger partial charge in [0, 0.05) is 12.2 Å². The van der Waals surface area contributed by atoms with E-state index in [-0.39, 0.29) is 0 Å². The van der Waals surface area contributed by atoms with Gasteiger partial charge in [-0.1, -0.05) is 50.3 Å². The highest BCUT2D eigenvalue weighted by Gasteiger charge is 2.15. The van der Waals surface area contributed by atoms with Gasteiger partial charge in [0.1, 0.15) is 0 Å². The summed E-state index contributed by atoms with van der Waals surface area (Å²) in [4.78, 5) is 0. The van der Waals surface area contributed by atoms with Crippen molar-refractivity contribution in [2.45, 2.75) is 45.4 Å². The van der Waals surface area contributed by atoms with E-state index in [4.69, 9.17) is 0 Å². The summed E-state index contributed by atoms with van der Waals surface area (Å²) in [5, 5.41) is 3.47. The Hall–Kier alpha value is -0.980. The molecule has 0 radical (unpaired) electrons. The van der Waals surface area contributed by atoms with Crippen LogP contribution in [0.1, 0.15) is 44.6 Å². The highest BCUT2D eigenvalue weighted by atomic mass is 14.9. The quantitative estimate of drug-likeness (QED) is 0.795. The summed E-state index contributed by atoms with van der Waals surface area (Å²) < 4.78 is 0. The number of nitrogens with one attached hydrogen (secondary N) is 1. The third-order valence-corrected chi connectivity index (χ3v) is 3.62. The van der Waals surface area contributed by atoms with Crippen molar-refractivity contribution >= 4 is 5.69 Å². The second kappa shape index (κ2) is 5.93. The monoisotopic (exact) mass is 217 g/mol. The zero-order chi connectivity index (χ0) is 11.2. The zero-order valence-corrected chi connectivity index (χ0v) is 10.3. The van der Waals surface area contributed by atoms with Gasteiger partial charge >= 0.3 is 0 Å². The fourth-order valence-corrected chi connectivity index (χ4v) is 2.76. The maximum absolute atomic E-state index is 3.47. The molecule has 1 heteroatoms. The maximum Gasteiger partial charge on any atom is 0.0372 e. The minimum Gasteiger partial charge on any atom is -0.385 e. The average molecular weight is 217 g/mol. The van der Waals surface area contributed by atoms with Gasteiger partial charge in [0.15, 0.2) is 0 Å². The Balaban J connectivity index is 2.01. The lowest BCUT2D eigenvalue weighted by Gasteiger charge is -2.22. The number of hydrogen-bond donors (Lipinski definition) is 1. The summed E-state index contributed by atoms with van der Waals surface area (Å²) in [6, 6.07) is 8.79. The number of para-hydroxylation sites is 1. The van der Waals surface area contributed by atoms with Crippen LogP contribution in [-0.4, -0.2) is 6.54 Å². The molecule has 0 heterocycles. The van der Waals surface area contributed by atoms with Gasteiger partial charge < -0.3 is 5.32 Å². The molecular formula is C15H23N. The molecule has 0 spiro atoms. The molecule has 1 N–H and O–H groups in total. The van der Waals surface area contributed by atoms with Gasteiger partial charge in [-0.2, -0.15) is 0 Å². The molecule has 0 aromatic heterocycles. The number of rotatable bonds is 4. The van der Waals surface area contributed by atoms with Crippen molar-refractivity contribution < 1.29 is 0 Å². The van der Waals surface area contributed by atoms with E-state index in [1.165, 1.54) is 49.8 Å². The van der Waals surface area contributed by atoms with E-state index in [0.717, 1.165) is 12.5 Å². The molecule has 0 aliphatic heterocycles. The van der Waals surface area contributed by atoms with Gasteiger partial charge in [0.2, 0.25) is 0 Å². The number of hydrogen-bond acceptors (Lipinski definition) is 1. The Bertz CT molecular complexity index is 313. The predicted octanol–water partition coefficient (Wildman–Crippen LogP) is 4.24. The largest absolute Gasteiger partial charge is 0.385 e. The van der Waals surface area contributed by atoms with Crippen LogP contribution in [0.25, 0.3) is 0 Å². The first-order valence-corrected chi connectivity index (χ1v) is 6.72. The highest BCUT2D eigenvalue weighted by molar-refractivity contribution is 5.51. The molecule has 2 rings (SSSR count). The van der Waals surface area contributed by atoms with Crippen LogP contribution in [0.3, 0.4) is 0 Å². The maximum atomic E-state index is 3.47. The lowest BCUT2D eigenvalue weighted by molar-refractivity contribution is 0.357. The molecule has 1 aliphatic rings. The van der Waals surface area contributed by atoms with Crippen LogP contribution in [0.4, 0.5) is 5.69 Å². The first-order valence-electron chi connectivity index (χ1n) is 6.72. The summed E-state index contributed by atoms with van der Waals surface area (Å²) in [5.74, 6) is 0.925. The Labute approximate surface area is 99.3 Å². The van der Waals surface area contributed by atoms with E-state index in [1.807, 2.05) is 0 Å². The molecule has 88 valence electrons. The van der Waals surface area contributed by atoms with E-state index in [1.54, 1.807) is 0 Å². The van der Waals surface area contributed by atoms with Crippen molar-refractivity contribution in [3.05, 3.63) is 29.8 Å². The third kappa shape index (κ3) is 3.01. The Morgan fingerprint density at radius 1 is 1.12 bits per heavy atom. The average Bonchev–Trinajstić information content (AvgIpc) is 2.33. The van der Waals surface area contributed by atoms with Gasteiger partial charge in [0.25, 0.3) is 0 Å². The summed E-state index contributed by atoms with van der Waals surface area (Å²) in [7, 11) is 0. The molecule has 0 atom stereocenters. The molecule has 0 bridgehead atoms. The summed E-state index contributed by atoms with van der Waals surface area (Å²) in [5.41, 5.74) is 2.85. The van der Waals surface area contributed by atoms with Crippen molar-refractivity contribution in [2.24, 2.45) is 5.92 Å². The molecule has 1 saturated carbocycles. The highest BCUT2D eigenvalue weighted by Crippen LogP contribution is 2.29. The molecule has 1 fully saturated rings. The van der Waals surface area contributed by atoms with Gasteiger partial charge in [-0.05, 0) is 30.9 Å². The van der Waals surface area contributed by atoms with E-state index < -0.39 is 0 Å². The van der Waals surface area contributed by atoms with Crippen LogP contribution in [0.5, 0.6) is 0 Å². The molecule has 1 aromatic carbocycles. The smallest absolute Gasteiger partial charge is 0.0372 e. The van der Waals surface area contributed by atoms with Crippen LogP contribution in [0.2, 0.25) is 0 Å².